The predicted octanol–water partition coefficient (Wildman–Crippen LogP) is -0.371. The summed E-state index contributed by atoms with van der Waals surface area (Å²) in [5.41, 5.74) is 3.21. The van der Waals surface area contributed by atoms with Crippen molar-refractivity contribution in [2.24, 2.45) is 0 Å². The minimum Gasteiger partial charge on any atom is 0 e. The maximum absolute atomic E-state index is 4.47. The number of hydrogen-bond donors (Lipinski definition) is 0. The maximum atomic E-state index is 4.47. The van der Waals surface area contributed by atoms with Crippen molar-refractivity contribution in [1.29, 1.82) is 0 Å². The number of allylic oxidation sites excluding steroid dienone is 3. The van der Waals surface area contributed by atoms with Gasteiger partial charge in [-0.1, -0.05) is 0 Å². The molecular formula is C12H13IN2Y-2. The van der Waals surface area contributed by atoms with Crippen LogP contribution in [0.15, 0.2) is 15.2 Å². The van der Waals surface area contributed by atoms with E-state index < -0.39 is 0 Å². The van der Waals surface area contributed by atoms with E-state index in [0.717, 1.165) is 17.2 Å². The molecule has 2 nitrogen and oxygen atoms in total. The van der Waals surface area contributed by atoms with Gasteiger partial charge in [-0.2, -0.15) is 0 Å². The van der Waals surface area contributed by atoms with E-state index in [4.69, 9.17) is 0 Å². The average molecular weight is 401 g/mol. The van der Waals surface area contributed by atoms with Crippen molar-refractivity contribution in [2.45, 2.75) is 27.7 Å². The molecule has 4 heteroatoms. The molecule has 1 aromatic heterocycles. The molecule has 0 atom stereocenters. The molecule has 0 bridgehead atoms. The molecule has 2 rings (SSSR count). The predicted molar refractivity (Wildman–Crippen MR) is 56.7 cm³/mol. The van der Waals surface area contributed by atoms with Crippen LogP contribution in [-0.4, -0.2) is 9.97 Å². The molecule has 0 unspecified atom stereocenters. The van der Waals surface area contributed by atoms with E-state index in [9.17, 15) is 0 Å². The number of nitrogens with zero attached hydrogens (tertiary/aromatic N) is 2. The van der Waals surface area contributed by atoms with Crippen molar-refractivity contribution in [2.75, 3.05) is 0 Å². The summed E-state index contributed by atoms with van der Waals surface area (Å²) in [6, 6.07) is 3.11. The zero-order chi connectivity index (χ0) is 11.0. The van der Waals surface area contributed by atoms with E-state index in [1.165, 1.54) is 12.7 Å². The van der Waals surface area contributed by atoms with Gasteiger partial charge in [0.2, 0.25) is 0 Å². The Morgan fingerprint density at radius 2 is 1.62 bits per heavy atom. The van der Waals surface area contributed by atoms with Crippen LogP contribution in [0.1, 0.15) is 31.1 Å². The summed E-state index contributed by atoms with van der Waals surface area (Å²) in [5, 5.41) is 0. The van der Waals surface area contributed by atoms with Gasteiger partial charge in [-0.15, -0.1) is 0 Å². The molecule has 0 saturated carbocycles. The molecule has 0 fully saturated rings. The third-order valence-electron chi connectivity index (χ3n) is 2.11. The van der Waals surface area contributed by atoms with Crippen LogP contribution in [0.2, 0.25) is 0 Å². The molecule has 1 aliphatic rings. The summed E-state index contributed by atoms with van der Waals surface area (Å²) in [6.07, 6.45) is 2.26. The van der Waals surface area contributed by atoms with Gasteiger partial charge in [0.25, 0.3) is 0 Å². The van der Waals surface area contributed by atoms with E-state index in [2.05, 4.69) is 36.0 Å². The van der Waals surface area contributed by atoms with E-state index in [0.29, 0.717) is 0 Å². The normalized spacial score (nSPS) is 15.4. The van der Waals surface area contributed by atoms with Gasteiger partial charge < -0.3 is 0 Å². The fraction of sp³-hybridized carbons (Fsp3) is 0.333. The topological polar surface area (TPSA) is 25.8 Å². The fourth-order valence-electron chi connectivity index (χ4n) is 1.59. The Labute approximate surface area is 132 Å². The van der Waals surface area contributed by atoms with Gasteiger partial charge in [0, 0.05) is 32.7 Å². The molecule has 16 heavy (non-hydrogen) atoms. The van der Waals surface area contributed by atoms with Crippen molar-refractivity contribution in [1.82, 2.24) is 9.97 Å². The Bertz CT molecular complexity index is 458. The second-order valence-corrected chi connectivity index (χ2v) is 6.99. The van der Waals surface area contributed by atoms with Gasteiger partial charge in [0.1, 0.15) is 0 Å². The van der Waals surface area contributed by atoms with Gasteiger partial charge in [-0.3, -0.25) is 0 Å². The summed E-state index contributed by atoms with van der Waals surface area (Å²) in [4.78, 5) is 8.94. The van der Waals surface area contributed by atoms with Gasteiger partial charge in [-0.25, -0.2) is 0 Å². The van der Waals surface area contributed by atoms with Crippen LogP contribution in [0.4, 0.5) is 0 Å². The van der Waals surface area contributed by atoms with Crippen LogP contribution in [-0.2, 0) is 32.7 Å². The first-order valence-corrected chi connectivity index (χ1v) is 7.01. The summed E-state index contributed by atoms with van der Waals surface area (Å²) in [7, 11) is 0. The Kier molecular flexibility index (Phi) is 5.26. The molecule has 1 radical (unpaired) electrons. The second-order valence-electron chi connectivity index (χ2n) is 3.67. The largest absolute Gasteiger partial charge is 0 e. The second kappa shape index (κ2) is 5.83. The van der Waals surface area contributed by atoms with Crippen LogP contribution in [0.5, 0.6) is 0 Å². The van der Waals surface area contributed by atoms with Gasteiger partial charge in [0.05, 0.1) is 0 Å². The summed E-state index contributed by atoms with van der Waals surface area (Å²) in [5.74, 6) is 0.919. The Morgan fingerprint density at radius 1 is 1.06 bits per heavy atom. The van der Waals surface area contributed by atoms with E-state index >= 15 is 0 Å². The van der Waals surface area contributed by atoms with Crippen molar-refractivity contribution in [3.8, 4) is 0 Å². The summed E-state index contributed by atoms with van der Waals surface area (Å²) < 4.78 is 2.86. The van der Waals surface area contributed by atoms with Crippen molar-refractivity contribution < 1.29 is 53.9 Å². The number of hydrogen-bond acceptors (Lipinski definition) is 2. The first kappa shape index (κ1) is 14.5. The zero-order valence-electron chi connectivity index (χ0n) is 9.93. The number of rotatable bonds is 1. The minimum atomic E-state index is -0.0290. The van der Waals surface area contributed by atoms with Crippen molar-refractivity contribution in [3.63, 3.8) is 0 Å². The van der Waals surface area contributed by atoms with E-state index in [1.807, 2.05) is 13.8 Å². The molecular weight excluding hydrogens is 388 g/mol. The average Bonchev–Trinajstić information content (AvgIpc) is 2.43. The van der Waals surface area contributed by atoms with Crippen LogP contribution in [0.25, 0.3) is 3.58 Å². The standard InChI is InChI=1S/C12H13IN2.Y/c1-7-5-8(2)13-11(7)12-14-9(3)6-10(4)15-12;/h5H,1-4H3;/q-2;. The molecule has 83 valence electrons. The van der Waals surface area contributed by atoms with Gasteiger partial charge in [0.15, 0.2) is 0 Å². The third-order valence-corrected chi connectivity index (χ3v) is 5.15. The number of aromatic nitrogens is 2. The van der Waals surface area contributed by atoms with E-state index in [-0.39, 0.29) is 53.9 Å². The molecule has 0 aliphatic carbocycles. The van der Waals surface area contributed by atoms with Crippen molar-refractivity contribution >= 4 is 3.58 Å². The molecule has 0 N–H and O–H groups in total. The molecule has 2 heterocycles. The third kappa shape index (κ3) is 3.20. The van der Waals surface area contributed by atoms with Gasteiger partial charge in [-0.05, 0) is 0 Å². The zero-order valence-corrected chi connectivity index (χ0v) is 14.9. The summed E-state index contributed by atoms with van der Waals surface area (Å²) >= 11 is -0.0290. The fourth-order valence-corrected chi connectivity index (χ4v) is 4.13. The monoisotopic (exact) mass is 401 g/mol. The first-order chi connectivity index (χ1) is 7.06. The SMILES string of the molecule is CC1=CC(C)=C(c2nc(C)[c-]c(C)n2)[I-]1.[Y]. The van der Waals surface area contributed by atoms with Crippen LogP contribution in [0.3, 0.4) is 0 Å². The van der Waals surface area contributed by atoms with Crippen LogP contribution < -0.4 is 21.2 Å². The Balaban J connectivity index is 0.00000128. The molecule has 0 spiro atoms. The number of aryl methyl sites for hydroxylation is 2. The Morgan fingerprint density at radius 3 is 2.06 bits per heavy atom. The molecule has 0 aromatic carbocycles. The van der Waals surface area contributed by atoms with Gasteiger partial charge >= 0.3 is 101 Å². The maximum Gasteiger partial charge on any atom is 0 e. The van der Waals surface area contributed by atoms with Crippen LogP contribution >= 0.6 is 0 Å². The quantitative estimate of drug-likeness (QED) is 0.475. The molecule has 0 amide bonds. The molecule has 0 saturated heterocycles. The first-order valence-electron chi connectivity index (χ1n) is 4.85. The van der Waals surface area contributed by atoms with Crippen LogP contribution in [0, 0.1) is 19.9 Å². The number of halogens is 1. The minimum absolute atomic E-state index is 0. The van der Waals surface area contributed by atoms with Crippen molar-refractivity contribution in [3.05, 3.63) is 38.5 Å². The Hall–Kier alpha value is 0.394. The smallest absolute Gasteiger partial charge is 0 e. The molecule has 1 aliphatic heterocycles. The van der Waals surface area contributed by atoms with E-state index in [1.54, 1.807) is 0 Å². The summed E-state index contributed by atoms with van der Waals surface area (Å²) in [6.45, 7) is 8.29. The molecule has 1 aromatic rings.